The van der Waals surface area contributed by atoms with Gasteiger partial charge >= 0.3 is 0 Å². The fraction of sp³-hybridized carbons (Fsp3) is 0.526. The molecule has 25 heavy (non-hydrogen) atoms. The number of aryl methyl sites for hydroxylation is 1. The minimum Gasteiger partial charge on any atom is -0.352 e. The second-order valence-electron chi connectivity index (χ2n) is 7.10. The molecule has 1 atom stereocenters. The first-order valence-corrected chi connectivity index (χ1v) is 8.94. The third-order valence-electron chi connectivity index (χ3n) is 4.45. The van der Waals surface area contributed by atoms with Crippen LogP contribution >= 0.6 is 0 Å². The van der Waals surface area contributed by atoms with Gasteiger partial charge in [0.15, 0.2) is 5.82 Å². The molecule has 1 aromatic heterocycles. The predicted molar refractivity (Wildman–Crippen MR) is 95.0 cm³/mol. The van der Waals surface area contributed by atoms with E-state index in [2.05, 4.69) is 40.3 Å². The molecule has 6 heteroatoms. The summed E-state index contributed by atoms with van der Waals surface area (Å²) in [5.41, 5.74) is 1.84. The van der Waals surface area contributed by atoms with Gasteiger partial charge in [0.25, 0.3) is 5.91 Å². The van der Waals surface area contributed by atoms with E-state index in [1.165, 1.54) is 0 Å². The standard InChI is InChI=1S/C19H26N4O2/c1-13(2)11-20-19(24)16-7-4-6-15(10-16)12-23-9-5-8-17(23)18-21-14(3)25-22-18/h4,6-7,10,13,17H,5,8-9,11-12H2,1-3H3,(H,20,24). The zero-order valence-corrected chi connectivity index (χ0v) is 15.2. The number of hydrogen-bond donors (Lipinski definition) is 1. The summed E-state index contributed by atoms with van der Waals surface area (Å²) in [6.07, 6.45) is 2.15. The molecule has 1 aliphatic heterocycles. The van der Waals surface area contributed by atoms with Crippen molar-refractivity contribution in [1.29, 1.82) is 0 Å². The normalized spacial score (nSPS) is 18.0. The van der Waals surface area contributed by atoms with Gasteiger partial charge in [0, 0.05) is 25.6 Å². The van der Waals surface area contributed by atoms with E-state index in [0.29, 0.717) is 23.9 Å². The topological polar surface area (TPSA) is 71.3 Å². The van der Waals surface area contributed by atoms with Gasteiger partial charge in [-0.15, -0.1) is 0 Å². The molecule has 0 radical (unpaired) electrons. The molecule has 1 amide bonds. The molecule has 1 fully saturated rings. The van der Waals surface area contributed by atoms with Crippen LogP contribution in [0.1, 0.15) is 60.4 Å². The number of carbonyl (C=O) groups excluding carboxylic acids is 1. The Morgan fingerprint density at radius 2 is 2.28 bits per heavy atom. The molecule has 134 valence electrons. The van der Waals surface area contributed by atoms with Crippen molar-refractivity contribution in [3.8, 4) is 0 Å². The monoisotopic (exact) mass is 342 g/mol. The summed E-state index contributed by atoms with van der Waals surface area (Å²) >= 11 is 0. The van der Waals surface area contributed by atoms with Crippen molar-refractivity contribution < 1.29 is 9.32 Å². The van der Waals surface area contributed by atoms with Crippen LogP contribution < -0.4 is 5.32 Å². The Morgan fingerprint density at radius 1 is 1.44 bits per heavy atom. The number of rotatable bonds is 6. The summed E-state index contributed by atoms with van der Waals surface area (Å²) in [5, 5.41) is 7.06. The number of carbonyl (C=O) groups is 1. The molecule has 6 nitrogen and oxygen atoms in total. The van der Waals surface area contributed by atoms with Crippen LogP contribution in [0.2, 0.25) is 0 Å². The second-order valence-corrected chi connectivity index (χ2v) is 7.10. The lowest BCUT2D eigenvalue weighted by atomic mass is 10.1. The van der Waals surface area contributed by atoms with Crippen molar-refractivity contribution in [2.24, 2.45) is 5.92 Å². The summed E-state index contributed by atoms with van der Waals surface area (Å²) in [6, 6.07) is 8.05. The Bertz CT molecular complexity index is 726. The Balaban J connectivity index is 1.68. The van der Waals surface area contributed by atoms with E-state index < -0.39 is 0 Å². The van der Waals surface area contributed by atoms with E-state index in [-0.39, 0.29) is 11.9 Å². The lowest BCUT2D eigenvalue weighted by molar-refractivity contribution is 0.0949. The first-order valence-electron chi connectivity index (χ1n) is 8.94. The van der Waals surface area contributed by atoms with E-state index in [0.717, 1.165) is 37.3 Å². The minimum absolute atomic E-state index is 0.0117. The smallest absolute Gasteiger partial charge is 0.251 e. The van der Waals surface area contributed by atoms with E-state index in [1.54, 1.807) is 0 Å². The van der Waals surface area contributed by atoms with E-state index >= 15 is 0 Å². The van der Waals surface area contributed by atoms with Crippen molar-refractivity contribution in [3.63, 3.8) is 0 Å². The SMILES string of the molecule is Cc1nc(C2CCCN2Cc2cccc(C(=O)NCC(C)C)c2)no1. The number of likely N-dealkylation sites (tertiary alicyclic amines) is 1. The number of nitrogens with zero attached hydrogens (tertiary/aromatic N) is 3. The van der Waals surface area contributed by atoms with Gasteiger partial charge in [0.1, 0.15) is 0 Å². The van der Waals surface area contributed by atoms with Gasteiger partial charge in [-0.25, -0.2) is 0 Å². The molecule has 2 aromatic rings. The minimum atomic E-state index is -0.0117. The highest BCUT2D eigenvalue weighted by atomic mass is 16.5. The maximum absolute atomic E-state index is 12.3. The fourth-order valence-corrected chi connectivity index (χ4v) is 3.20. The summed E-state index contributed by atoms with van der Waals surface area (Å²) in [7, 11) is 0. The van der Waals surface area contributed by atoms with E-state index in [9.17, 15) is 4.79 Å². The molecule has 1 saturated heterocycles. The Hall–Kier alpha value is -2.21. The zero-order valence-electron chi connectivity index (χ0n) is 15.2. The van der Waals surface area contributed by atoms with Crippen LogP contribution in [0.3, 0.4) is 0 Å². The summed E-state index contributed by atoms with van der Waals surface area (Å²) < 4.78 is 5.13. The van der Waals surface area contributed by atoms with Crippen LogP contribution in [0.25, 0.3) is 0 Å². The molecule has 3 rings (SSSR count). The van der Waals surface area contributed by atoms with Gasteiger partial charge < -0.3 is 9.84 Å². The van der Waals surface area contributed by atoms with Crippen molar-refractivity contribution in [1.82, 2.24) is 20.4 Å². The van der Waals surface area contributed by atoms with E-state index in [4.69, 9.17) is 4.52 Å². The van der Waals surface area contributed by atoms with Gasteiger partial charge in [0.05, 0.1) is 6.04 Å². The van der Waals surface area contributed by atoms with Crippen molar-refractivity contribution in [2.75, 3.05) is 13.1 Å². The first-order chi connectivity index (χ1) is 12.0. The molecular formula is C19H26N4O2. The van der Waals surface area contributed by atoms with Crippen molar-refractivity contribution in [2.45, 2.75) is 46.2 Å². The number of amides is 1. The number of aromatic nitrogens is 2. The van der Waals surface area contributed by atoms with Gasteiger partial charge in [-0.2, -0.15) is 4.98 Å². The molecule has 1 aliphatic rings. The molecule has 1 aromatic carbocycles. The largest absolute Gasteiger partial charge is 0.352 e. The highest BCUT2D eigenvalue weighted by molar-refractivity contribution is 5.94. The molecule has 0 bridgehead atoms. The van der Waals surface area contributed by atoms with Crippen molar-refractivity contribution >= 4 is 5.91 Å². The van der Waals surface area contributed by atoms with Crippen LogP contribution in [0, 0.1) is 12.8 Å². The average Bonchev–Trinajstić information content (AvgIpc) is 3.21. The molecule has 0 saturated carbocycles. The summed E-state index contributed by atoms with van der Waals surface area (Å²) in [6.45, 7) is 8.46. The Morgan fingerprint density at radius 3 is 3.00 bits per heavy atom. The maximum atomic E-state index is 12.3. The highest BCUT2D eigenvalue weighted by Gasteiger charge is 2.29. The summed E-state index contributed by atoms with van der Waals surface area (Å²) in [5.74, 6) is 1.80. The van der Waals surface area contributed by atoms with Gasteiger partial charge in [-0.3, -0.25) is 9.69 Å². The Kier molecular flexibility index (Phi) is 5.48. The first kappa shape index (κ1) is 17.6. The van der Waals surface area contributed by atoms with Crippen LogP contribution in [0.4, 0.5) is 0 Å². The number of benzene rings is 1. The molecule has 1 N–H and O–H groups in total. The third-order valence-corrected chi connectivity index (χ3v) is 4.45. The summed E-state index contributed by atoms with van der Waals surface area (Å²) in [4.78, 5) is 19.0. The molecule has 2 heterocycles. The number of nitrogens with one attached hydrogen (secondary N) is 1. The predicted octanol–water partition coefficient (Wildman–Crippen LogP) is 3.10. The van der Waals surface area contributed by atoms with Gasteiger partial charge in [0.2, 0.25) is 5.89 Å². The number of hydrogen-bond acceptors (Lipinski definition) is 5. The quantitative estimate of drug-likeness (QED) is 0.873. The molecular weight excluding hydrogens is 316 g/mol. The van der Waals surface area contributed by atoms with Crippen molar-refractivity contribution in [3.05, 3.63) is 47.1 Å². The molecule has 0 spiro atoms. The lowest BCUT2D eigenvalue weighted by Gasteiger charge is -2.22. The highest BCUT2D eigenvalue weighted by Crippen LogP contribution is 2.31. The Labute approximate surface area is 148 Å². The molecule has 0 aliphatic carbocycles. The zero-order chi connectivity index (χ0) is 17.8. The van der Waals surface area contributed by atoms with Crippen LogP contribution in [0.15, 0.2) is 28.8 Å². The third kappa shape index (κ3) is 4.45. The second kappa shape index (κ2) is 7.78. The lowest BCUT2D eigenvalue weighted by Crippen LogP contribution is -2.27. The molecule has 1 unspecified atom stereocenters. The van der Waals surface area contributed by atoms with Crippen LogP contribution in [-0.2, 0) is 6.54 Å². The fourth-order valence-electron chi connectivity index (χ4n) is 3.20. The average molecular weight is 342 g/mol. The maximum Gasteiger partial charge on any atom is 0.251 e. The van der Waals surface area contributed by atoms with Gasteiger partial charge in [-0.05, 0) is 43.0 Å². The van der Waals surface area contributed by atoms with Crippen LogP contribution in [-0.4, -0.2) is 34.0 Å². The van der Waals surface area contributed by atoms with Crippen LogP contribution in [0.5, 0.6) is 0 Å². The van der Waals surface area contributed by atoms with Gasteiger partial charge in [-0.1, -0.05) is 31.1 Å². The van der Waals surface area contributed by atoms with E-state index in [1.807, 2.05) is 25.1 Å².